The van der Waals surface area contributed by atoms with Gasteiger partial charge in [-0.2, -0.15) is 9.78 Å². The molecule has 0 radical (unpaired) electrons. The summed E-state index contributed by atoms with van der Waals surface area (Å²) in [6.07, 6.45) is 3.82. The lowest BCUT2D eigenvalue weighted by Crippen LogP contribution is -2.21. The molecule has 0 aliphatic carbocycles. The van der Waals surface area contributed by atoms with Gasteiger partial charge in [0.2, 0.25) is 0 Å². The Bertz CT molecular complexity index is 1590. The molecule has 0 unspecified atom stereocenters. The number of halogens is 2. The lowest BCUT2D eigenvalue weighted by Gasteiger charge is -2.05. The fourth-order valence-corrected chi connectivity index (χ4v) is 3.93. The molecule has 0 aliphatic heterocycles. The highest BCUT2D eigenvalue weighted by atomic mass is 35.5. The predicted octanol–water partition coefficient (Wildman–Crippen LogP) is 4.52. The maximum Gasteiger partial charge on any atom is 0.265 e. The SMILES string of the molecule is COCCCn1cnc2c(c1=O)c1nc3ccccc3nc1n2/N=C\c1ccc(Cl)c(Cl)c1. The van der Waals surface area contributed by atoms with Gasteiger partial charge in [-0.3, -0.25) is 9.36 Å². The molecular weight excluding hydrogens is 463 g/mol. The highest BCUT2D eigenvalue weighted by Gasteiger charge is 2.19. The van der Waals surface area contributed by atoms with Crippen molar-refractivity contribution in [2.75, 3.05) is 13.7 Å². The first-order chi connectivity index (χ1) is 16.1. The second-order valence-corrected chi connectivity index (χ2v) is 8.22. The van der Waals surface area contributed by atoms with Gasteiger partial charge in [0.25, 0.3) is 5.56 Å². The number of nitrogens with zero attached hydrogens (tertiary/aromatic N) is 6. The average molecular weight is 481 g/mol. The Morgan fingerprint density at radius 1 is 1.06 bits per heavy atom. The molecule has 0 spiro atoms. The Morgan fingerprint density at radius 2 is 1.85 bits per heavy atom. The summed E-state index contributed by atoms with van der Waals surface area (Å²) < 4.78 is 8.20. The predicted molar refractivity (Wildman–Crippen MR) is 131 cm³/mol. The summed E-state index contributed by atoms with van der Waals surface area (Å²) in [5.41, 5.74) is 3.19. The molecule has 166 valence electrons. The van der Waals surface area contributed by atoms with Crippen LogP contribution in [0.4, 0.5) is 0 Å². The van der Waals surface area contributed by atoms with Crippen molar-refractivity contribution in [1.82, 2.24) is 24.2 Å². The van der Waals surface area contributed by atoms with E-state index in [9.17, 15) is 4.79 Å². The summed E-state index contributed by atoms with van der Waals surface area (Å²) >= 11 is 12.1. The van der Waals surface area contributed by atoms with E-state index < -0.39 is 0 Å². The maximum absolute atomic E-state index is 13.4. The van der Waals surface area contributed by atoms with Crippen LogP contribution in [0, 0.1) is 0 Å². The summed E-state index contributed by atoms with van der Waals surface area (Å²) in [6.45, 7) is 1.03. The standard InChI is InChI=1S/C23H18Cl2N6O2/c1-33-10-4-9-30-13-26-21-19(23(30)32)20-22(29-18-6-3-2-5-17(18)28-20)31(21)27-12-14-7-8-15(24)16(25)11-14/h2-3,5-8,11-13H,4,9-10H2,1H3/b27-12-. The Labute approximate surface area is 198 Å². The topological polar surface area (TPSA) is 87.2 Å². The van der Waals surface area contributed by atoms with Crippen molar-refractivity contribution < 1.29 is 4.74 Å². The monoisotopic (exact) mass is 480 g/mol. The van der Waals surface area contributed by atoms with Crippen molar-refractivity contribution in [1.29, 1.82) is 0 Å². The van der Waals surface area contributed by atoms with Gasteiger partial charge in [-0.25, -0.2) is 15.0 Å². The molecule has 0 fully saturated rings. The summed E-state index contributed by atoms with van der Waals surface area (Å²) in [5, 5.41) is 5.82. The highest BCUT2D eigenvalue weighted by Crippen LogP contribution is 2.25. The number of rotatable bonds is 6. The van der Waals surface area contributed by atoms with Crippen LogP contribution in [-0.2, 0) is 11.3 Å². The number of methoxy groups -OCH3 is 1. The number of para-hydroxylation sites is 2. The van der Waals surface area contributed by atoms with E-state index in [1.54, 1.807) is 36.1 Å². The number of aryl methyl sites for hydroxylation is 1. The molecule has 2 aromatic carbocycles. The van der Waals surface area contributed by atoms with Crippen LogP contribution < -0.4 is 5.56 Å². The van der Waals surface area contributed by atoms with E-state index in [0.717, 1.165) is 5.56 Å². The molecule has 3 aromatic heterocycles. The molecule has 3 heterocycles. The van der Waals surface area contributed by atoms with Gasteiger partial charge >= 0.3 is 0 Å². The Kier molecular flexibility index (Phi) is 5.80. The quantitative estimate of drug-likeness (QED) is 0.263. The second-order valence-electron chi connectivity index (χ2n) is 7.40. The number of hydrogen-bond donors (Lipinski definition) is 0. The van der Waals surface area contributed by atoms with Gasteiger partial charge in [0.1, 0.15) is 10.9 Å². The summed E-state index contributed by atoms with van der Waals surface area (Å²) in [7, 11) is 1.63. The summed E-state index contributed by atoms with van der Waals surface area (Å²) in [6, 6.07) is 12.7. The lowest BCUT2D eigenvalue weighted by atomic mass is 10.2. The van der Waals surface area contributed by atoms with Gasteiger partial charge in [0, 0.05) is 20.3 Å². The van der Waals surface area contributed by atoms with Crippen LogP contribution in [-0.4, -0.2) is 44.1 Å². The number of aromatic nitrogens is 5. The molecule has 0 aliphatic rings. The molecule has 10 heteroatoms. The van der Waals surface area contributed by atoms with Crippen molar-refractivity contribution in [2.24, 2.45) is 5.10 Å². The van der Waals surface area contributed by atoms with Crippen molar-refractivity contribution >= 4 is 62.6 Å². The molecular formula is C23H18Cl2N6O2. The van der Waals surface area contributed by atoms with Crippen LogP contribution >= 0.6 is 23.2 Å². The number of hydrogen-bond acceptors (Lipinski definition) is 6. The van der Waals surface area contributed by atoms with Crippen LogP contribution in [0.5, 0.6) is 0 Å². The van der Waals surface area contributed by atoms with Crippen LogP contribution in [0.1, 0.15) is 12.0 Å². The van der Waals surface area contributed by atoms with Gasteiger partial charge in [-0.15, -0.1) is 0 Å². The molecule has 0 bridgehead atoms. The number of fused-ring (bicyclic) bond motifs is 4. The van der Waals surface area contributed by atoms with E-state index >= 15 is 0 Å². The van der Waals surface area contributed by atoms with E-state index in [0.29, 0.717) is 62.8 Å². The zero-order chi connectivity index (χ0) is 22.9. The van der Waals surface area contributed by atoms with Crippen LogP contribution in [0.3, 0.4) is 0 Å². The van der Waals surface area contributed by atoms with Gasteiger partial charge in [-0.1, -0.05) is 41.4 Å². The van der Waals surface area contributed by atoms with Crippen LogP contribution in [0.15, 0.2) is 58.7 Å². The highest BCUT2D eigenvalue weighted by molar-refractivity contribution is 6.42. The molecule has 0 atom stereocenters. The number of benzene rings is 2. The third kappa shape index (κ3) is 3.97. The fourth-order valence-electron chi connectivity index (χ4n) is 3.62. The molecule has 33 heavy (non-hydrogen) atoms. The Hall–Kier alpha value is -3.33. The molecule has 8 nitrogen and oxygen atoms in total. The number of ether oxygens (including phenoxy) is 1. The van der Waals surface area contributed by atoms with E-state index in [-0.39, 0.29) is 5.56 Å². The van der Waals surface area contributed by atoms with E-state index in [4.69, 9.17) is 37.9 Å². The lowest BCUT2D eigenvalue weighted by molar-refractivity contribution is 0.190. The van der Waals surface area contributed by atoms with Gasteiger partial charge in [0.15, 0.2) is 11.3 Å². The van der Waals surface area contributed by atoms with E-state index in [2.05, 4.69) is 10.1 Å². The average Bonchev–Trinajstić information content (AvgIpc) is 3.13. The zero-order valence-corrected chi connectivity index (χ0v) is 19.1. The summed E-state index contributed by atoms with van der Waals surface area (Å²) in [5.74, 6) is 0. The molecule has 5 aromatic rings. The van der Waals surface area contributed by atoms with E-state index in [1.807, 2.05) is 24.3 Å². The third-order valence-electron chi connectivity index (χ3n) is 5.22. The Morgan fingerprint density at radius 3 is 2.61 bits per heavy atom. The van der Waals surface area contributed by atoms with Crippen molar-refractivity contribution in [3.63, 3.8) is 0 Å². The van der Waals surface area contributed by atoms with Gasteiger partial charge < -0.3 is 4.74 Å². The van der Waals surface area contributed by atoms with Crippen LogP contribution in [0.2, 0.25) is 10.0 Å². The van der Waals surface area contributed by atoms with Gasteiger partial charge in [0.05, 0.1) is 33.6 Å². The second kappa shape index (κ2) is 8.90. The third-order valence-corrected chi connectivity index (χ3v) is 5.96. The molecule has 0 saturated carbocycles. The Balaban J connectivity index is 1.74. The fraction of sp³-hybridized carbons (Fsp3) is 0.174. The van der Waals surface area contributed by atoms with Crippen molar-refractivity contribution in [3.05, 3.63) is 74.8 Å². The zero-order valence-electron chi connectivity index (χ0n) is 17.6. The molecule has 0 saturated heterocycles. The van der Waals surface area contributed by atoms with Crippen LogP contribution in [0.25, 0.3) is 33.2 Å². The largest absolute Gasteiger partial charge is 0.385 e. The van der Waals surface area contributed by atoms with Crippen molar-refractivity contribution in [3.8, 4) is 0 Å². The molecule has 5 rings (SSSR count). The minimum Gasteiger partial charge on any atom is -0.385 e. The first kappa shape index (κ1) is 21.5. The minimum atomic E-state index is -0.200. The van der Waals surface area contributed by atoms with Gasteiger partial charge in [-0.05, 0) is 36.2 Å². The minimum absolute atomic E-state index is 0.200. The normalized spacial score (nSPS) is 12.0. The maximum atomic E-state index is 13.4. The first-order valence-corrected chi connectivity index (χ1v) is 11.0. The smallest absolute Gasteiger partial charge is 0.265 e. The summed E-state index contributed by atoms with van der Waals surface area (Å²) in [4.78, 5) is 27.4. The van der Waals surface area contributed by atoms with Crippen molar-refractivity contribution in [2.45, 2.75) is 13.0 Å². The first-order valence-electron chi connectivity index (χ1n) is 10.2. The van der Waals surface area contributed by atoms with E-state index in [1.165, 1.54) is 11.0 Å². The molecule has 0 amide bonds. The molecule has 0 N–H and O–H groups in total.